The Bertz CT molecular complexity index is 1330. The van der Waals surface area contributed by atoms with Gasteiger partial charge < -0.3 is 35.8 Å². The molecule has 0 spiro atoms. The lowest BCUT2D eigenvalue weighted by atomic mass is 10.0. The van der Waals surface area contributed by atoms with E-state index in [1.165, 1.54) is 0 Å². The van der Waals surface area contributed by atoms with Crippen LogP contribution in [0, 0.1) is 0 Å². The molecule has 0 radical (unpaired) electrons. The number of likely N-dealkylation sites (N-methyl/N-ethyl adjacent to an activating group) is 1. The molecule has 11 heteroatoms. The van der Waals surface area contributed by atoms with Crippen molar-refractivity contribution in [3.8, 4) is 0 Å². The molecule has 218 valence electrons. The Labute approximate surface area is 246 Å². The molecule has 41 heavy (non-hydrogen) atoms. The normalized spacial score (nSPS) is 14.1. The van der Waals surface area contributed by atoms with Gasteiger partial charge in [0.2, 0.25) is 5.91 Å². The molecule has 1 atom stereocenters. The predicted molar refractivity (Wildman–Crippen MR) is 168 cm³/mol. The van der Waals surface area contributed by atoms with Crippen LogP contribution in [0.3, 0.4) is 0 Å². The minimum Gasteiger partial charge on any atom is -0.465 e. The first-order valence-corrected chi connectivity index (χ1v) is 14.5. The van der Waals surface area contributed by atoms with Crippen molar-refractivity contribution in [1.82, 2.24) is 25.4 Å². The van der Waals surface area contributed by atoms with Crippen molar-refractivity contribution in [2.24, 2.45) is 0 Å². The highest BCUT2D eigenvalue weighted by Gasteiger charge is 2.29. The number of amides is 2. The summed E-state index contributed by atoms with van der Waals surface area (Å²) >= 11 is 5.46. The summed E-state index contributed by atoms with van der Waals surface area (Å²) in [6.45, 7) is 10.3. The van der Waals surface area contributed by atoms with E-state index in [0.717, 1.165) is 54.2 Å². The first-order valence-electron chi connectivity index (χ1n) is 14.1. The number of hydrogen-bond donors (Lipinski definition) is 4. The summed E-state index contributed by atoms with van der Waals surface area (Å²) in [7, 11) is 0. The summed E-state index contributed by atoms with van der Waals surface area (Å²) in [5.74, 6) is 0.645. The van der Waals surface area contributed by atoms with E-state index in [1.807, 2.05) is 60.7 Å². The van der Waals surface area contributed by atoms with Crippen LogP contribution < -0.4 is 20.9 Å². The Balaban J connectivity index is 1.32. The number of hydrogen-bond acceptors (Lipinski definition) is 6. The van der Waals surface area contributed by atoms with Crippen LogP contribution in [-0.4, -0.2) is 95.4 Å². The molecule has 4 rings (SSSR count). The number of carboxylic acid groups (broad SMARTS) is 1. The van der Waals surface area contributed by atoms with E-state index in [0.29, 0.717) is 37.7 Å². The number of carbonyl (C=O) groups excluding carboxylic acids is 1. The molecule has 1 saturated heterocycles. The van der Waals surface area contributed by atoms with Crippen LogP contribution in [0.5, 0.6) is 0 Å². The molecule has 10 nitrogen and oxygen atoms in total. The van der Waals surface area contributed by atoms with Crippen molar-refractivity contribution >= 4 is 51.7 Å². The van der Waals surface area contributed by atoms with E-state index in [4.69, 9.17) is 17.2 Å². The maximum atomic E-state index is 13.2. The lowest BCUT2D eigenvalue weighted by Crippen LogP contribution is -2.55. The molecule has 1 unspecified atom stereocenters. The minimum absolute atomic E-state index is 0.206. The van der Waals surface area contributed by atoms with E-state index >= 15 is 0 Å². The van der Waals surface area contributed by atoms with Gasteiger partial charge in [-0.15, -0.1) is 0 Å². The van der Waals surface area contributed by atoms with Gasteiger partial charge in [-0.3, -0.25) is 4.79 Å². The highest BCUT2D eigenvalue weighted by Crippen LogP contribution is 2.23. The standard InChI is InChI=1S/C30H39N7O3S/c1-3-35(4-2)15-14-31-29(41)32-24-11-12-25-23(21-24)10-13-27(33-25)36-16-18-37(19-17-36)28(38)26(34-30(39)40)20-22-8-6-5-7-9-22/h5-13,21,26,34H,3-4,14-20H2,1-2H3,(H,39,40)(H2,31,32,41). The summed E-state index contributed by atoms with van der Waals surface area (Å²) in [6, 6.07) is 18.6. The zero-order valence-electron chi connectivity index (χ0n) is 23.7. The quantitative estimate of drug-likeness (QED) is 0.255. The molecule has 0 bridgehead atoms. The number of nitrogens with one attached hydrogen (secondary N) is 3. The summed E-state index contributed by atoms with van der Waals surface area (Å²) < 4.78 is 0. The third-order valence-corrected chi connectivity index (χ3v) is 7.58. The van der Waals surface area contributed by atoms with Crippen LogP contribution in [0.1, 0.15) is 19.4 Å². The third kappa shape index (κ3) is 8.51. The number of thiocarbonyl (C=S) groups is 1. The lowest BCUT2D eigenvalue weighted by Gasteiger charge is -2.37. The summed E-state index contributed by atoms with van der Waals surface area (Å²) in [5.41, 5.74) is 2.69. The van der Waals surface area contributed by atoms with Gasteiger partial charge in [-0.1, -0.05) is 44.2 Å². The summed E-state index contributed by atoms with van der Waals surface area (Å²) in [4.78, 5) is 35.7. The molecule has 0 aliphatic carbocycles. The number of rotatable bonds is 11. The Morgan fingerprint density at radius 1 is 1.02 bits per heavy atom. The highest BCUT2D eigenvalue weighted by atomic mass is 32.1. The van der Waals surface area contributed by atoms with Crippen molar-refractivity contribution in [3.63, 3.8) is 0 Å². The van der Waals surface area contributed by atoms with Gasteiger partial charge in [-0.2, -0.15) is 0 Å². The van der Waals surface area contributed by atoms with Crippen LogP contribution in [0.4, 0.5) is 16.3 Å². The molecule has 1 aliphatic heterocycles. The third-order valence-electron chi connectivity index (χ3n) is 7.33. The number of benzene rings is 2. The van der Waals surface area contributed by atoms with Crippen molar-refractivity contribution in [2.75, 3.05) is 62.6 Å². The van der Waals surface area contributed by atoms with Crippen molar-refractivity contribution in [2.45, 2.75) is 26.3 Å². The van der Waals surface area contributed by atoms with Crippen LogP contribution in [0.15, 0.2) is 60.7 Å². The molecular weight excluding hydrogens is 538 g/mol. The zero-order valence-corrected chi connectivity index (χ0v) is 24.5. The Morgan fingerprint density at radius 3 is 2.44 bits per heavy atom. The van der Waals surface area contributed by atoms with Gasteiger partial charge in [0.05, 0.1) is 5.52 Å². The molecule has 3 aromatic rings. The van der Waals surface area contributed by atoms with Crippen molar-refractivity contribution in [1.29, 1.82) is 0 Å². The molecule has 1 aliphatic rings. The first-order chi connectivity index (χ1) is 19.9. The molecule has 2 aromatic carbocycles. The maximum absolute atomic E-state index is 13.2. The van der Waals surface area contributed by atoms with Gasteiger partial charge in [0.15, 0.2) is 5.11 Å². The van der Waals surface area contributed by atoms with Gasteiger partial charge in [-0.05, 0) is 61.2 Å². The number of fused-ring (bicyclic) bond motifs is 1. The fourth-order valence-electron chi connectivity index (χ4n) is 4.99. The lowest BCUT2D eigenvalue weighted by molar-refractivity contribution is -0.133. The maximum Gasteiger partial charge on any atom is 0.405 e. The van der Waals surface area contributed by atoms with Crippen LogP contribution in [0.2, 0.25) is 0 Å². The van der Waals surface area contributed by atoms with E-state index in [9.17, 15) is 14.7 Å². The summed E-state index contributed by atoms with van der Waals surface area (Å²) in [5, 5.41) is 19.8. The number of nitrogens with zero attached hydrogens (tertiary/aromatic N) is 4. The van der Waals surface area contributed by atoms with E-state index < -0.39 is 12.1 Å². The number of piperazine rings is 1. The Kier molecular flexibility index (Phi) is 10.7. The molecule has 1 aromatic heterocycles. The van der Waals surface area contributed by atoms with Crippen LogP contribution in [-0.2, 0) is 11.2 Å². The smallest absolute Gasteiger partial charge is 0.405 e. The van der Waals surface area contributed by atoms with Gasteiger partial charge in [0.25, 0.3) is 0 Å². The molecule has 0 saturated carbocycles. The van der Waals surface area contributed by atoms with Gasteiger partial charge in [0.1, 0.15) is 11.9 Å². The molecule has 4 N–H and O–H groups in total. The average molecular weight is 578 g/mol. The minimum atomic E-state index is -1.20. The second-order valence-electron chi connectivity index (χ2n) is 9.99. The van der Waals surface area contributed by atoms with Crippen LogP contribution >= 0.6 is 12.2 Å². The molecule has 1 fully saturated rings. The Morgan fingerprint density at radius 2 is 1.76 bits per heavy atom. The molecule has 2 heterocycles. The second kappa shape index (κ2) is 14.6. The largest absolute Gasteiger partial charge is 0.465 e. The van der Waals surface area contributed by atoms with Crippen LogP contribution in [0.25, 0.3) is 10.9 Å². The number of anilines is 2. The molecule has 2 amide bonds. The van der Waals surface area contributed by atoms with E-state index in [-0.39, 0.29) is 5.91 Å². The topological polar surface area (TPSA) is 113 Å². The fourth-order valence-corrected chi connectivity index (χ4v) is 5.21. The number of aromatic nitrogens is 1. The zero-order chi connectivity index (χ0) is 29.2. The highest BCUT2D eigenvalue weighted by molar-refractivity contribution is 7.80. The predicted octanol–water partition coefficient (Wildman–Crippen LogP) is 3.39. The average Bonchev–Trinajstić information content (AvgIpc) is 2.99. The van der Waals surface area contributed by atoms with Crippen molar-refractivity contribution < 1.29 is 14.7 Å². The Hall–Kier alpha value is -3.96. The van der Waals surface area contributed by atoms with E-state index in [1.54, 1.807) is 4.90 Å². The van der Waals surface area contributed by atoms with Crippen molar-refractivity contribution in [3.05, 3.63) is 66.2 Å². The fraction of sp³-hybridized carbons (Fsp3) is 0.400. The van der Waals surface area contributed by atoms with Gasteiger partial charge in [0, 0.05) is 56.8 Å². The first kappa shape index (κ1) is 30.0. The van der Waals surface area contributed by atoms with Gasteiger partial charge in [-0.25, -0.2) is 9.78 Å². The van der Waals surface area contributed by atoms with Gasteiger partial charge >= 0.3 is 6.09 Å². The summed E-state index contributed by atoms with van der Waals surface area (Å²) in [6.07, 6.45) is -0.892. The molecular formula is C30H39N7O3S. The SMILES string of the molecule is CCN(CC)CCNC(=S)Nc1ccc2nc(N3CCN(C(=O)C(Cc4ccccc4)NC(=O)O)CC3)ccc2c1. The van der Waals surface area contributed by atoms with E-state index in [2.05, 4.69) is 39.6 Å². The number of carbonyl (C=O) groups is 2. The second-order valence-corrected chi connectivity index (χ2v) is 10.4. The number of pyridine rings is 1. The monoisotopic (exact) mass is 577 g/mol.